The quantitative estimate of drug-likeness (QED) is 0.808. The number of benzene rings is 1. The summed E-state index contributed by atoms with van der Waals surface area (Å²) < 4.78 is 43.7. The molecule has 1 aromatic carbocycles. The largest absolute Gasteiger partial charge is 0.468 e. The van der Waals surface area contributed by atoms with Gasteiger partial charge in [-0.25, -0.2) is 4.79 Å². The van der Waals surface area contributed by atoms with Crippen LogP contribution in [0.15, 0.2) is 47.1 Å². The SMILES string of the molecule is O=C(Nc1cccc(C(F)(F)F)c1)N1CCS[C@@H](c2ccco2)CC1. The lowest BCUT2D eigenvalue weighted by molar-refractivity contribution is -0.137. The topological polar surface area (TPSA) is 45.5 Å². The number of anilines is 1. The number of furan rings is 1. The van der Waals surface area contributed by atoms with Gasteiger partial charge >= 0.3 is 12.2 Å². The van der Waals surface area contributed by atoms with E-state index < -0.39 is 11.7 Å². The Labute approximate surface area is 147 Å². The number of nitrogens with one attached hydrogen (secondary N) is 1. The van der Waals surface area contributed by atoms with Gasteiger partial charge in [-0.05, 0) is 36.8 Å². The minimum atomic E-state index is -4.43. The smallest absolute Gasteiger partial charge is 0.416 e. The normalized spacial score (nSPS) is 18.7. The summed E-state index contributed by atoms with van der Waals surface area (Å²) in [6, 6.07) is 8.01. The Bertz CT molecular complexity index is 719. The van der Waals surface area contributed by atoms with Crippen LogP contribution in [0.4, 0.5) is 23.7 Å². The number of nitrogens with zero attached hydrogens (tertiary/aromatic N) is 1. The minimum absolute atomic E-state index is 0.138. The summed E-state index contributed by atoms with van der Waals surface area (Å²) >= 11 is 1.71. The highest BCUT2D eigenvalue weighted by atomic mass is 32.2. The number of carbonyl (C=O) groups is 1. The van der Waals surface area contributed by atoms with Crippen LogP contribution >= 0.6 is 11.8 Å². The molecule has 0 unspecified atom stereocenters. The number of hydrogen-bond acceptors (Lipinski definition) is 3. The van der Waals surface area contributed by atoms with Crippen LogP contribution in [-0.2, 0) is 6.18 Å². The monoisotopic (exact) mass is 370 g/mol. The van der Waals surface area contributed by atoms with Crippen LogP contribution in [0.5, 0.6) is 0 Å². The maximum absolute atomic E-state index is 12.8. The van der Waals surface area contributed by atoms with Gasteiger partial charge in [0.05, 0.1) is 17.1 Å². The maximum atomic E-state index is 12.8. The predicted octanol–water partition coefficient (Wildman–Crippen LogP) is 5.01. The van der Waals surface area contributed by atoms with Crippen LogP contribution in [0.25, 0.3) is 0 Å². The zero-order chi connectivity index (χ0) is 17.9. The number of amides is 2. The molecule has 25 heavy (non-hydrogen) atoms. The highest BCUT2D eigenvalue weighted by Gasteiger charge is 2.30. The van der Waals surface area contributed by atoms with Crippen molar-refractivity contribution in [3.63, 3.8) is 0 Å². The molecule has 0 bridgehead atoms. The highest BCUT2D eigenvalue weighted by Crippen LogP contribution is 2.35. The molecule has 2 heterocycles. The molecule has 1 aliphatic rings. The van der Waals surface area contributed by atoms with Gasteiger partial charge < -0.3 is 14.6 Å². The van der Waals surface area contributed by atoms with Crippen LogP contribution in [-0.4, -0.2) is 29.8 Å². The van der Waals surface area contributed by atoms with Gasteiger partial charge in [-0.3, -0.25) is 0 Å². The fourth-order valence-corrected chi connectivity index (χ4v) is 3.83. The van der Waals surface area contributed by atoms with E-state index in [1.54, 1.807) is 22.9 Å². The van der Waals surface area contributed by atoms with Crippen molar-refractivity contribution in [3.8, 4) is 0 Å². The van der Waals surface area contributed by atoms with E-state index in [9.17, 15) is 18.0 Å². The standard InChI is InChI=1S/C17H17F3N2O2S/c18-17(19,20)12-3-1-4-13(11-12)21-16(23)22-7-6-15(25-10-8-22)14-5-2-9-24-14/h1-5,9,11,15H,6-8,10H2,(H,21,23)/t15-/m1/s1. The summed E-state index contributed by atoms with van der Waals surface area (Å²) in [7, 11) is 0. The van der Waals surface area contributed by atoms with E-state index in [0.29, 0.717) is 13.1 Å². The first-order valence-electron chi connectivity index (χ1n) is 7.81. The average Bonchev–Trinajstić information content (AvgIpc) is 2.99. The Morgan fingerprint density at radius 1 is 1.24 bits per heavy atom. The summed E-state index contributed by atoms with van der Waals surface area (Å²) in [6.45, 7) is 1.05. The molecule has 0 aliphatic carbocycles. The third-order valence-corrected chi connectivity index (χ3v) is 5.22. The van der Waals surface area contributed by atoms with E-state index in [2.05, 4.69) is 5.32 Å². The molecule has 1 aromatic heterocycles. The lowest BCUT2D eigenvalue weighted by Crippen LogP contribution is -2.36. The van der Waals surface area contributed by atoms with Crippen LogP contribution < -0.4 is 5.32 Å². The number of carbonyl (C=O) groups excluding carboxylic acids is 1. The van der Waals surface area contributed by atoms with Gasteiger partial charge in [-0.1, -0.05) is 6.07 Å². The van der Waals surface area contributed by atoms with Crippen LogP contribution in [0, 0.1) is 0 Å². The molecule has 2 aromatic rings. The van der Waals surface area contributed by atoms with Gasteiger partial charge in [-0.2, -0.15) is 13.2 Å². The molecule has 1 fully saturated rings. The molecule has 3 rings (SSSR count). The average molecular weight is 370 g/mol. The van der Waals surface area contributed by atoms with Crippen molar-refractivity contribution < 1.29 is 22.4 Å². The summed E-state index contributed by atoms with van der Waals surface area (Å²) in [4.78, 5) is 14.0. The van der Waals surface area contributed by atoms with E-state index >= 15 is 0 Å². The predicted molar refractivity (Wildman–Crippen MR) is 90.6 cm³/mol. The zero-order valence-electron chi connectivity index (χ0n) is 13.3. The minimum Gasteiger partial charge on any atom is -0.468 e. The molecule has 4 nitrogen and oxygen atoms in total. The van der Waals surface area contributed by atoms with E-state index in [0.717, 1.165) is 30.1 Å². The fourth-order valence-electron chi connectivity index (χ4n) is 2.65. The summed E-state index contributed by atoms with van der Waals surface area (Å²) in [6.07, 6.45) is -2.08. The van der Waals surface area contributed by atoms with E-state index in [1.807, 2.05) is 12.1 Å². The Morgan fingerprint density at radius 2 is 2.08 bits per heavy atom. The number of hydrogen-bond donors (Lipinski definition) is 1. The van der Waals surface area contributed by atoms with Gasteiger partial charge in [0.2, 0.25) is 0 Å². The molecule has 134 valence electrons. The summed E-state index contributed by atoms with van der Waals surface area (Å²) in [5.41, 5.74) is -0.645. The van der Waals surface area contributed by atoms with Crippen molar-refractivity contribution in [2.24, 2.45) is 0 Å². The Kier molecular flexibility index (Phi) is 5.27. The van der Waals surface area contributed by atoms with Gasteiger partial charge in [0, 0.05) is 24.5 Å². The molecule has 1 N–H and O–H groups in total. The molecule has 1 aliphatic heterocycles. The fraction of sp³-hybridized carbons (Fsp3) is 0.353. The second-order valence-electron chi connectivity index (χ2n) is 5.66. The number of alkyl halides is 3. The Hall–Kier alpha value is -2.09. The molecule has 0 radical (unpaired) electrons. The van der Waals surface area contributed by atoms with Crippen molar-refractivity contribution in [3.05, 3.63) is 54.0 Å². The highest BCUT2D eigenvalue weighted by molar-refractivity contribution is 7.99. The molecular weight excluding hydrogens is 353 g/mol. The first-order chi connectivity index (χ1) is 11.9. The maximum Gasteiger partial charge on any atom is 0.416 e. The molecule has 8 heteroatoms. The van der Waals surface area contributed by atoms with Gasteiger partial charge in [-0.15, -0.1) is 11.8 Å². The number of thioether (sulfide) groups is 1. The van der Waals surface area contributed by atoms with Crippen molar-refractivity contribution in [1.82, 2.24) is 4.90 Å². The molecule has 2 amide bonds. The van der Waals surface area contributed by atoms with Crippen LogP contribution in [0.2, 0.25) is 0 Å². The second kappa shape index (κ2) is 7.43. The lowest BCUT2D eigenvalue weighted by Gasteiger charge is -2.21. The van der Waals surface area contributed by atoms with Gasteiger partial charge in [0.1, 0.15) is 5.76 Å². The van der Waals surface area contributed by atoms with Crippen molar-refractivity contribution in [1.29, 1.82) is 0 Å². The molecular formula is C17H17F3N2O2S. The first kappa shape index (κ1) is 17.7. The van der Waals surface area contributed by atoms with Crippen molar-refractivity contribution >= 4 is 23.5 Å². The number of halogens is 3. The summed E-state index contributed by atoms with van der Waals surface area (Å²) in [5, 5.41) is 2.74. The lowest BCUT2D eigenvalue weighted by atomic mass is 10.2. The third kappa shape index (κ3) is 4.50. The van der Waals surface area contributed by atoms with E-state index in [-0.39, 0.29) is 17.0 Å². The zero-order valence-corrected chi connectivity index (χ0v) is 14.1. The second-order valence-corrected chi connectivity index (χ2v) is 6.97. The van der Waals surface area contributed by atoms with Gasteiger partial charge in [0.15, 0.2) is 0 Å². The van der Waals surface area contributed by atoms with Gasteiger partial charge in [0.25, 0.3) is 0 Å². The van der Waals surface area contributed by atoms with E-state index in [1.165, 1.54) is 12.1 Å². The molecule has 1 atom stereocenters. The molecule has 0 saturated carbocycles. The Morgan fingerprint density at radius 3 is 2.80 bits per heavy atom. The van der Waals surface area contributed by atoms with Crippen molar-refractivity contribution in [2.75, 3.05) is 24.2 Å². The van der Waals surface area contributed by atoms with E-state index in [4.69, 9.17) is 4.42 Å². The number of rotatable bonds is 2. The van der Waals surface area contributed by atoms with Crippen LogP contribution in [0.1, 0.15) is 23.0 Å². The first-order valence-corrected chi connectivity index (χ1v) is 8.86. The van der Waals surface area contributed by atoms with Crippen molar-refractivity contribution in [2.45, 2.75) is 17.8 Å². The number of urea groups is 1. The molecule has 1 saturated heterocycles. The summed E-state index contributed by atoms with van der Waals surface area (Å²) in [5.74, 6) is 1.62. The molecule has 0 spiro atoms. The van der Waals surface area contributed by atoms with Crippen LogP contribution in [0.3, 0.4) is 0 Å². The Balaban J connectivity index is 1.62. The third-order valence-electron chi connectivity index (χ3n) is 3.93.